The van der Waals surface area contributed by atoms with Gasteiger partial charge in [-0.2, -0.15) is 0 Å². The monoisotopic (exact) mass is 300 g/mol. The van der Waals surface area contributed by atoms with Crippen LogP contribution in [0.5, 0.6) is 0 Å². The molecule has 1 saturated heterocycles. The second-order valence-corrected chi connectivity index (χ2v) is 5.88. The first-order valence-electron chi connectivity index (χ1n) is 7.65. The van der Waals surface area contributed by atoms with Crippen molar-refractivity contribution in [2.45, 2.75) is 26.8 Å². The third-order valence-electron chi connectivity index (χ3n) is 4.39. The molecule has 0 radical (unpaired) electrons. The van der Waals surface area contributed by atoms with Gasteiger partial charge >= 0.3 is 0 Å². The number of benzene rings is 1. The SMILES string of the molecule is Cc1c(-c2ccc(F)cc2)nnc(N2CCNCC2C)c1C. The Labute approximate surface area is 130 Å². The molecule has 1 aromatic carbocycles. The number of nitrogens with one attached hydrogen (secondary N) is 1. The zero-order valence-electron chi connectivity index (χ0n) is 13.2. The molecule has 0 spiro atoms. The summed E-state index contributed by atoms with van der Waals surface area (Å²) >= 11 is 0. The first-order chi connectivity index (χ1) is 10.6. The fraction of sp³-hybridized carbons (Fsp3) is 0.412. The fourth-order valence-electron chi connectivity index (χ4n) is 2.90. The topological polar surface area (TPSA) is 41.1 Å². The fourth-order valence-corrected chi connectivity index (χ4v) is 2.90. The zero-order chi connectivity index (χ0) is 15.7. The van der Waals surface area contributed by atoms with E-state index in [4.69, 9.17) is 0 Å². The van der Waals surface area contributed by atoms with Gasteiger partial charge < -0.3 is 10.2 Å². The molecule has 0 saturated carbocycles. The molecule has 1 aliphatic rings. The predicted octanol–water partition coefficient (Wildman–Crippen LogP) is 2.70. The van der Waals surface area contributed by atoms with Gasteiger partial charge in [0.25, 0.3) is 0 Å². The number of nitrogens with zero attached hydrogens (tertiary/aromatic N) is 3. The summed E-state index contributed by atoms with van der Waals surface area (Å²) in [5.74, 6) is 0.717. The smallest absolute Gasteiger partial charge is 0.154 e. The van der Waals surface area contributed by atoms with Crippen molar-refractivity contribution in [3.8, 4) is 11.3 Å². The summed E-state index contributed by atoms with van der Waals surface area (Å²) in [4.78, 5) is 2.31. The van der Waals surface area contributed by atoms with Gasteiger partial charge in [-0.1, -0.05) is 0 Å². The van der Waals surface area contributed by atoms with E-state index in [0.29, 0.717) is 6.04 Å². The van der Waals surface area contributed by atoms with Crippen LogP contribution in [0.4, 0.5) is 10.2 Å². The van der Waals surface area contributed by atoms with E-state index in [1.54, 1.807) is 12.1 Å². The van der Waals surface area contributed by atoms with Crippen molar-refractivity contribution in [3.63, 3.8) is 0 Å². The van der Waals surface area contributed by atoms with Crippen LogP contribution in [0.15, 0.2) is 24.3 Å². The molecule has 2 heterocycles. The van der Waals surface area contributed by atoms with Crippen LogP contribution in [0.3, 0.4) is 0 Å². The van der Waals surface area contributed by atoms with Gasteiger partial charge in [0.05, 0.1) is 5.69 Å². The van der Waals surface area contributed by atoms with E-state index in [1.807, 2.05) is 0 Å². The molecule has 0 bridgehead atoms. The highest BCUT2D eigenvalue weighted by atomic mass is 19.1. The van der Waals surface area contributed by atoms with E-state index in [2.05, 4.69) is 41.2 Å². The minimum Gasteiger partial charge on any atom is -0.350 e. The molecule has 4 nitrogen and oxygen atoms in total. The van der Waals surface area contributed by atoms with Crippen molar-refractivity contribution in [3.05, 3.63) is 41.2 Å². The van der Waals surface area contributed by atoms with Crippen molar-refractivity contribution < 1.29 is 4.39 Å². The third kappa shape index (κ3) is 2.68. The maximum Gasteiger partial charge on any atom is 0.154 e. The second kappa shape index (κ2) is 6.01. The lowest BCUT2D eigenvalue weighted by molar-refractivity contribution is 0.494. The van der Waals surface area contributed by atoms with E-state index in [1.165, 1.54) is 12.1 Å². The Kier molecular flexibility index (Phi) is 4.07. The molecule has 1 atom stereocenters. The Bertz CT molecular complexity index is 669. The third-order valence-corrected chi connectivity index (χ3v) is 4.39. The molecule has 0 amide bonds. The lowest BCUT2D eigenvalue weighted by Crippen LogP contribution is -2.50. The van der Waals surface area contributed by atoms with Gasteiger partial charge in [-0.3, -0.25) is 0 Å². The number of aromatic nitrogens is 2. The largest absolute Gasteiger partial charge is 0.350 e. The second-order valence-electron chi connectivity index (χ2n) is 5.88. The van der Waals surface area contributed by atoms with Crippen molar-refractivity contribution in [2.75, 3.05) is 24.5 Å². The Hall–Kier alpha value is -2.01. The van der Waals surface area contributed by atoms with E-state index < -0.39 is 0 Å². The molecule has 1 unspecified atom stereocenters. The number of anilines is 1. The average molecular weight is 300 g/mol. The number of rotatable bonds is 2. The molecule has 1 aliphatic heterocycles. The van der Waals surface area contributed by atoms with Crippen LogP contribution in [-0.4, -0.2) is 35.9 Å². The molecule has 5 heteroatoms. The summed E-state index contributed by atoms with van der Waals surface area (Å²) in [6.45, 7) is 9.19. The first kappa shape index (κ1) is 14.9. The van der Waals surface area contributed by atoms with E-state index in [0.717, 1.165) is 47.8 Å². The van der Waals surface area contributed by atoms with E-state index in [-0.39, 0.29) is 5.82 Å². The lowest BCUT2D eigenvalue weighted by Gasteiger charge is -2.35. The highest BCUT2D eigenvalue weighted by Crippen LogP contribution is 2.28. The molecule has 1 N–H and O–H groups in total. The van der Waals surface area contributed by atoms with Crippen molar-refractivity contribution in [1.29, 1.82) is 0 Å². The summed E-state index contributed by atoms with van der Waals surface area (Å²) in [5.41, 5.74) is 3.96. The molecular formula is C17H21FN4. The number of piperazine rings is 1. The molecule has 116 valence electrons. The Morgan fingerprint density at radius 2 is 1.86 bits per heavy atom. The predicted molar refractivity (Wildman–Crippen MR) is 86.6 cm³/mol. The van der Waals surface area contributed by atoms with Gasteiger partial charge in [-0.15, -0.1) is 10.2 Å². The molecule has 22 heavy (non-hydrogen) atoms. The zero-order valence-corrected chi connectivity index (χ0v) is 13.2. The summed E-state index contributed by atoms with van der Waals surface area (Å²) in [5, 5.41) is 12.3. The van der Waals surface area contributed by atoms with Crippen LogP contribution in [0.2, 0.25) is 0 Å². The van der Waals surface area contributed by atoms with Crippen LogP contribution in [0.25, 0.3) is 11.3 Å². The highest BCUT2D eigenvalue weighted by molar-refractivity contribution is 5.67. The minimum absolute atomic E-state index is 0.239. The average Bonchev–Trinajstić information content (AvgIpc) is 2.52. The number of hydrogen-bond donors (Lipinski definition) is 1. The Morgan fingerprint density at radius 1 is 1.14 bits per heavy atom. The summed E-state index contributed by atoms with van der Waals surface area (Å²) in [6.07, 6.45) is 0. The van der Waals surface area contributed by atoms with Crippen molar-refractivity contribution in [1.82, 2.24) is 15.5 Å². The Morgan fingerprint density at radius 3 is 2.55 bits per heavy atom. The quantitative estimate of drug-likeness (QED) is 0.926. The molecule has 1 fully saturated rings. The van der Waals surface area contributed by atoms with Gasteiger partial charge in [0.2, 0.25) is 0 Å². The molecule has 3 rings (SSSR count). The van der Waals surface area contributed by atoms with Gasteiger partial charge in [-0.05, 0) is 56.2 Å². The van der Waals surface area contributed by atoms with Crippen LogP contribution in [0, 0.1) is 19.7 Å². The number of halogens is 1. The van der Waals surface area contributed by atoms with Gasteiger partial charge in [-0.25, -0.2) is 4.39 Å². The van der Waals surface area contributed by atoms with E-state index >= 15 is 0 Å². The number of hydrogen-bond acceptors (Lipinski definition) is 4. The molecule has 1 aromatic heterocycles. The van der Waals surface area contributed by atoms with E-state index in [9.17, 15) is 4.39 Å². The van der Waals surface area contributed by atoms with Crippen molar-refractivity contribution >= 4 is 5.82 Å². The molecule has 0 aliphatic carbocycles. The normalized spacial score (nSPS) is 18.5. The molecular weight excluding hydrogens is 279 g/mol. The van der Waals surface area contributed by atoms with Gasteiger partial charge in [0, 0.05) is 31.2 Å². The van der Waals surface area contributed by atoms with Crippen LogP contribution in [-0.2, 0) is 0 Å². The van der Waals surface area contributed by atoms with Crippen LogP contribution >= 0.6 is 0 Å². The summed E-state index contributed by atoms with van der Waals surface area (Å²) in [7, 11) is 0. The molecule has 2 aromatic rings. The minimum atomic E-state index is -0.239. The first-order valence-corrected chi connectivity index (χ1v) is 7.65. The van der Waals surface area contributed by atoms with Crippen LogP contribution in [0.1, 0.15) is 18.1 Å². The van der Waals surface area contributed by atoms with Crippen molar-refractivity contribution in [2.24, 2.45) is 0 Å². The van der Waals surface area contributed by atoms with Crippen LogP contribution < -0.4 is 10.2 Å². The summed E-state index contributed by atoms with van der Waals surface area (Å²) in [6, 6.07) is 6.81. The Balaban J connectivity index is 1.99. The summed E-state index contributed by atoms with van der Waals surface area (Å²) < 4.78 is 13.1. The maximum absolute atomic E-state index is 13.1. The maximum atomic E-state index is 13.1. The highest BCUT2D eigenvalue weighted by Gasteiger charge is 2.23. The van der Waals surface area contributed by atoms with Gasteiger partial charge in [0.15, 0.2) is 5.82 Å². The lowest BCUT2D eigenvalue weighted by atomic mass is 10.0. The van der Waals surface area contributed by atoms with Gasteiger partial charge in [0.1, 0.15) is 5.82 Å². The standard InChI is InChI=1S/C17H21FN4/c1-11-10-19-8-9-22(11)17-13(3)12(2)16(20-21-17)14-4-6-15(18)7-5-14/h4-7,11,19H,8-10H2,1-3H3.